The van der Waals surface area contributed by atoms with Crippen LogP contribution in [-0.2, 0) is 0 Å². The Labute approximate surface area is 188 Å². The fraction of sp³-hybridized carbons (Fsp3) is 0. The van der Waals surface area contributed by atoms with Crippen molar-refractivity contribution in [3.05, 3.63) is 0 Å². The van der Waals surface area contributed by atoms with E-state index in [1.165, 1.54) is 0 Å². The Hall–Kier alpha value is 4.70. The molecule has 0 aliphatic rings. The second-order valence-electron chi connectivity index (χ2n) is 0.577. The molecule has 6 nitrogen and oxygen atoms in total. The third-order valence-electron chi connectivity index (χ3n) is 0. The molecule has 0 saturated carbocycles. The molecule has 0 fully saturated rings. The largest absolute Gasteiger partial charge is 2.00 e. The number of hydrogen-bond acceptors (Lipinski definition) is 6. The Morgan fingerprint density at radius 1 is 0.500 bits per heavy atom. The topological polar surface area (TPSA) is 138 Å². The monoisotopic (exact) mass is 244 g/mol. The van der Waals surface area contributed by atoms with Crippen LogP contribution in [0.2, 0.25) is 0 Å². The fourth-order valence-corrected chi connectivity index (χ4v) is 0. The molecule has 0 aliphatic carbocycles. The van der Waals surface area contributed by atoms with E-state index in [0.29, 0.717) is 0 Å². The third-order valence-corrected chi connectivity index (χ3v) is 0. The minimum atomic E-state index is -2.92. The summed E-state index contributed by atoms with van der Waals surface area (Å²) < 4.78 is 0. The molecule has 0 aromatic rings. The van der Waals surface area contributed by atoms with E-state index in [1.807, 2.05) is 0 Å². The van der Waals surface area contributed by atoms with E-state index in [4.69, 9.17) is 30.1 Å². The van der Waals surface area contributed by atoms with Crippen molar-refractivity contribution in [2.45, 2.75) is 0 Å². The summed E-state index contributed by atoms with van der Waals surface area (Å²) in [5, 5.41) is 50.5. The molecule has 0 N–H and O–H groups in total. The van der Waals surface area contributed by atoms with Gasteiger partial charge in [-0.1, -0.05) is 0 Å². The number of rotatable bonds is 0. The molecule has 0 aliphatic heterocycles. The molecule has 48 valence electrons. The van der Waals surface area contributed by atoms with E-state index >= 15 is 0 Å². The molecule has 0 amide bonds. The zero-order valence-electron chi connectivity index (χ0n) is 7.02. The van der Waals surface area contributed by atoms with E-state index in [-0.39, 0.29) is 149 Å². The van der Waals surface area contributed by atoms with E-state index < -0.39 is 14.6 Å². The van der Waals surface area contributed by atoms with Gasteiger partial charge in [0, 0.05) is 0 Å². The molecule has 0 saturated heterocycles. The van der Waals surface area contributed by atoms with Gasteiger partial charge in [-0.2, -0.15) is 0 Å². The molecule has 0 radical (unpaired) electrons. The molecule has 0 bridgehead atoms. The molecule has 0 aromatic heterocycles. The second-order valence-corrected chi connectivity index (χ2v) is 0.577. The van der Waals surface area contributed by atoms with E-state index in [9.17, 15) is 0 Å². The van der Waals surface area contributed by atoms with Gasteiger partial charge in [-0.25, -0.2) is 0 Å². The minimum absolute atomic E-state index is 0. The summed E-state index contributed by atoms with van der Waals surface area (Å²) >= 11 is 0. The van der Waals surface area contributed by atoms with Crippen LogP contribution in [0.15, 0.2) is 0 Å². The summed E-state index contributed by atoms with van der Waals surface area (Å²) in [4.78, 5) is 0. The molecule has 0 heterocycles. The van der Waals surface area contributed by atoms with Crippen LogP contribution in [0, 0.1) is 0 Å². The van der Waals surface area contributed by atoms with Gasteiger partial charge in [-0.3, -0.25) is 14.6 Å². The first-order valence-electron chi connectivity index (χ1n) is 1.41. The smallest absolute Gasteiger partial charge is 0.907 e. The van der Waals surface area contributed by atoms with Gasteiger partial charge >= 0.3 is 149 Å². The first-order valence-corrected chi connectivity index (χ1v) is 1.41. The van der Waals surface area contributed by atoms with Crippen LogP contribution in [0.1, 0.15) is 0 Å². The quantitative estimate of drug-likeness (QED) is 0.388. The predicted octanol–water partition coefficient (Wildman–Crippen LogP) is -14.6. The predicted molar refractivity (Wildman–Crippen MR) is 23.0 cm³/mol. The van der Waals surface area contributed by atoms with Crippen LogP contribution >= 0.6 is 0 Å². The summed E-state index contributed by atoms with van der Waals surface area (Å²) in [6.07, 6.45) is 0. The van der Waals surface area contributed by atoms with Gasteiger partial charge < -0.3 is 30.1 Å². The Morgan fingerprint density at radius 2 is 0.500 bits per heavy atom. The average molecular weight is 244 g/mol. The van der Waals surface area contributed by atoms with Gasteiger partial charge in [0.05, 0.1) is 0 Å². The van der Waals surface area contributed by atoms with Crippen molar-refractivity contribution in [1.82, 2.24) is 0 Å². The van der Waals surface area contributed by atoms with Gasteiger partial charge in [0.15, 0.2) is 0 Å². The first kappa shape index (κ1) is 36.0. The van der Waals surface area contributed by atoms with Gasteiger partial charge in [0.2, 0.25) is 0 Å². The number of hydrogen-bond donors (Lipinski definition) is 0. The molecule has 0 spiro atoms. The normalized spacial score (nSPS) is 4.50. The molecule has 0 aromatic carbocycles. The van der Waals surface area contributed by atoms with E-state index in [1.54, 1.807) is 0 Å². The van der Waals surface area contributed by atoms with E-state index in [2.05, 4.69) is 0 Å². The van der Waals surface area contributed by atoms with Crippen molar-refractivity contribution >= 4 is 60.7 Å². The summed E-state index contributed by atoms with van der Waals surface area (Å²) in [7, 11) is -5.83. The maximum absolute atomic E-state index is 8.42. The third kappa shape index (κ3) is 125. The van der Waals surface area contributed by atoms with Crippen molar-refractivity contribution in [3.8, 4) is 0 Å². The maximum Gasteiger partial charge on any atom is 2.00 e. The van der Waals surface area contributed by atoms with Gasteiger partial charge in [0.25, 0.3) is 0 Å². The van der Waals surface area contributed by atoms with Crippen LogP contribution < -0.4 is 133 Å². The fourth-order valence-electron chi connectivity index (χ4n) is 0. The van der Waals surface area contributed by atoms with E-state index in [0.717, 1.165) is 0 Å². The van der Waals surface area contributed by atoms with Gasteiger partial charge in [-0.15, -0.1) is 0 Å². The van der Waals surface area contributed by atoms with Crippen LogP contribution in [0.25, 0.3) is 0 Å². The Morgan fingerprint density at radius 3 is 0.500 bits per heavy atom. The van der Waals surface area contributed by atoms with Crippen molar-refractivity contribution < 1.29 is 133 Å². The zero-order chi connectivity index (χ0) is 7.15. The SMILES string of the molecule is [K+].[K+].[Mg+2].[Mg+2].[O-]B([O-])[O-].[O-]B([O-])[O-]. The van der Waals surface area contributed by atoms with Crippen LogP contribution in [0.4, 0.5) is 0 Å². The summed E-state index contributed by atoms with van der Waals surface area (Å²) in [6, 6.07) is 0. The van der Waals surface area contributed by atoms with Gasteiger partial charge in [0.1, 0.15) is 0 Å². The average Bonchev–Trinajstić information content (AvgIpc) is 1.25. The van der Waals surface area contributed by atoms with Crippen molar-refractivity contribution in [2.24, 2.45) is 0 Å². The molecular formula is B2K2Mg2O6. The van der Waals surface area contributed by atoms with Crippen LogP contribution in [-0.4, -0.2) is 60.7 Å². The summed E-state index contributed by atoms with van der Waals surface area (Å²) in [5.74, 6) is 0. The Balaban J connectivity index is -0.0000000112. The standard InChI is InChI=1S/2BO3.2K.2Mg/c2*2-1(3)4;;;;/q2*-3;2*+1;2*+2. The molecule has 0 unspecified atom stereocenters. The second kappa shape index (κ2) is 29.6. The first-order chi connectivity index (χ1) is 3.46. The summed E-state index contributed by atoms with van der Waals surface area (Å²) in [5.41, 5.74) is 0. The Kier molecular flexibility index (Phi) is 88.8. The molecule has 12 heteroatoms. The maximum atomic E-state index is 8.42. The van der Waals surface area contributed by atoms with Crippen LogP contribution in [0.3, 0.4) is 0 Å². The molecule has 12 heavy (non-hydrogen) atoms. The zero-order valence-corrected chi connectivity index (χ0v) is 16.1. The minimum Gasteiger partial charge on any atom is -0.907 e. The molecular weight excluding hydrogens is 244 g/mol. The van der Waals surface area contributed by atoms with Crippen LogP contribution in [0.5, 0.6) is 0 Å². The molecule has 0 rings (SSSR count). The summed E-state index contributed by atoms with van der Waals surface area (Å²) in [6.45, 7) is 0. The van der Waals surface area contributed by atoms with Gasteiger partial charge in [-0.05, 0) is 0 Å². The van der Waals surface area contributed by atoms with Crippen molar-refractivity contribution in [2.75, 3.05) is 0 Å². The van der Waals surface area contributed by atoms with Crippen molar-refractivity contribution in [3.63, 3.8) is 0 Å². The molecule has 0 atom stereocenters. The van der Waals surface area contributed by atoms with Crippen molar-refractivity contribution in [1.29, 1.82) is 0 Å². The Bertz CT molecular complexity index is 37.0.